The molecule has 0 atom stereocenters. The minimum absolute atomic E-state index is 0.479. The Hall–Kier alpha value is -1.31. The highest BCUT2D eigenvalue weighted by atomic mass is 15.1. The highest BCUT2D eigenvalue weighted by Crippen LogP contribution is 2.17. The molecule has 0 spiro atoms. The second-order valence-corrected chi connectivity index (χ2v) is 3.74. The molecule has 0 unspecified atom stereocenters. The molecular formula is C13H20N2. The van der Waals surface area contributed by atoms with Crippen LogP contribution >= 0.6 is 0 Å². The van der Waals surface area contributed by atoms with Crippen molar-refractivity contribution < 1.29 is 0 Å². The fraction of sp³-hybridized carbons (Fsp3) is 0.462. The lowest BCUT2D eigenvalue weighted by Crippen LogP contribution is -1.97. The molecule has 0 saturated carbocycles. The Kier molecular flexibility index (Phi) is 3.89. The fourth-order valence-electron chi connectivity index (χ4n) is 1.55. The van der Waals surface area contributed by atoms with Crippen molar-refractivity contribution in [1.29, 1.82) is 0 Å². The van der Waals surface area contributed by atoms with Gasteiger partial charge in [-0.25, -0.2) is 4.98 Å². The average Bonchev–Trinajstić information content (AvgIpc) is 2.63. The maximum Gasteiger partial charge on any atom is 0.0960 e. The van der Waals surface area contributed by atoms with Crippen LogP contribution in [0.15, 0.2) is 24.5 Å². The molecule has 1 heterocycles. The van der Waals surface area contributed by atoms with Crippen LogP contribution < -0.4 is 0 Å². The van der Waals surface area contributed by atoms with Crippen molar-refractivity contribution in [3.05, 3.63) is 30.1 Å². The number of benzene rings is 1. The van der Waals surface area contributed by atoms with E-state index in [1.54, 1.807) is 0 Å². The highest BCUT2D eigenvalue weighted by molar-refractivity contribution is 5.76. The summed E-state index contributed by atoms with van der Waals surface area (Å²) in [7, 11) is 0. The normalized spacial score (nSPS) is 10.3. The van der Waals surface area contributed by atoms with Gasteiger partial charge in [0.2, 0.25) is 0 Å². The number of imidazole rings is 1. The van der Waals surface area contributed by atoms with E-state index in [0.29, 0.717) is 6.04 Å². The van der Waals surface area contributed by atoms with E-state index in [1.165, 1.54) is 11.1 Å². The van der Waals surface area contributed by atoms with Crippen molar-refractivity contribution in [3.63, 3.8) is 0 Å². The third-order valence-corrected chi connectivity index (χ3v) is 2.29. The minimum Gasteiger partial charge on any atom is -0.328 e. The van der Waals surface area contributed by atoms with Crippen LogP contribution in [0.3, 0.4) is 0 Å². The van der Waals surface area contributed by atoms with E-state index in [0.717, 1.165) is 5.52 Å². The molecule has 2 rings (SSSR count). The molecule has 0 aliphatic carbocycles. The zero-order valence-corrected chi connectivity index (χ0v) is 10.3. The largest absolute Gasteiger partial charge is 0.328 e. The third kappa shape index (κ3) is 2.38. The molecule has 2 aromatic rings. The summed E-state index contributed by atoms with van der Waals surface area (Å²) in [5.74, 6) is 0. The smallest absolute Gasteiger partial charge is 0.0960 e. The van der Waals surface area contributed by atoms with Crippen molar-refractivity contribution in [2.75, 3.05) is 0 Å². The van der Waals surface area contributed by atoms with E-state index in [9.17, 15) is 0 Å². The monoisotopic (exact) mass is 204 g/mol. The van der Waals surface area contributed by atoms with Crippen LogP contribution in [0.25, 0.3) is 11.0 Å². The van der Waals surface area contributed by atoms with E-state index in [1.807, 2.05) is 20.2 Å². The SMILES string of the molecule is CC.Cc1ccc2c(c1)ncn2C(C)C. The summed E-state index contributed by atoms with van der Waals surface area (Å²) in [6.07, 6.45) is 1.91. The fourth-order valence-corrected chi connectivity index (χ4v) is 1.55. The van der Waals surface area contributed by atoms with Crippen molar-refractivity contribution >= 4 is 11.0 Å². The Morgan fingerprint density at radius 3 is 2.47 bits per heavy atom. The molecule has 15 heavy (non-hydrogen) atoms. The van der Waals surface area contributed by atoms with E-state index < -0.39 is 0 Å². The van der Waals surface area contributed by atoms with Crippen LogP contribution in [0.2, 0.25) is 0 Å². The number of fused-ring (bicyclic) bond motifs is 1. The maximum atomic E-state index is 4.36. The van der Waals surface area contributed by atoms with Crippen LogP contribution in [-0.4, -0.2) is 9.55 Å². The molecule has 0 fully saturated rings. The van der Waals surface area contributed by atoms with Gasteiger partial charge in [0.1, 0.15) is 0 Å². The van der Waals surface area contributed by atoms with Gasteiger partial charge in [-0.15, -0.1) is 0 Å². The van der Waals surface area contributed by atoms with E-state index in [-0.39, 0.29) is 0 Å². The first-order chi connectivity index (χ1) is 7.18. The van der Waals surface area contributed by atoms with Crippen molar-refractivity contribution in [3.8, 4) is 0 Å². The summed E-state index contributed by atoms with van der Waals surface area (Å²) in [6, 6.07) is 6.86. The highest BCUT2D eigenvalue weighted by Gasteiger charge is 2.04. The number of aromatic nitrogens is 2. The van der Waals surface area contributed by atoms with Gasteiger partial charge >= 0.3 is 0 Å². The zero-order valence-electron chi connectivity index (χ0n) is 10.3. The molecule has 0 amide bonds. The molecule has 0 aliphatic rings. The van der Waals surface area contributed by atoms with Crippen molar-refractivity contribution in [2.24, 2.45) is 0 Å². The summed E-state index contributed by atoms with van der Waals surface area (Å²) >= 11 is 0. The Morgan fingerprint density at radius 2 is 1.87 bits per heavy atom. The number of hydrogen-bond acceptors (Lipinski definition) is 1. The summed E-state index contributed by atoms with van der Waals surface area (Å²) in [5, 5.41) is 0. The summed E-state index contributed by atoms with van der Waals surface area (Å²) < 4.78 is 2.19. The van der Waals surface area contributed by atoms with E-state index in [4.69, 9.17) is 0 Å². The first kappa shape index (κ1) is 11.8. The second-order valence-electron chi connectivity index (χ2n) is 3.74. The van der Waals surface area contributed by atoms with Gasteiger partial charge in [0.05, 0.1) is 17.4 Å². The molecule has 2 heteroatoms. The standard InChI is InChI=1S/C11H14N2.C2H6/c1-8(2)13-7-12-10-6-9(3)4-5-11(10)13;1-2/h4-8H,1-3H3;1-2H3. The predicted octanol–water partition coefficient (Wildman–Crippen LogP) is 3.95. The molecular weight excluding hydrogens is 184 g/mol. The summed E-state index contributed by atoms with van der Waals surface area (Å²) in [5.41, 5.74) is 3.58. The van der Waals surface area contributed by atoms with E-state index in [2.05, 4.69) is 48.5 Å². The molecule has 0 aliphatic heterocycles. The molecule has 2 nitrogen and oxygen atoms in total. The van der Waals surface area contributed by atoms with Gasteiger partial charge in [0.15, 0.2) is 0 Å². The van der Waals surface area contributed by atoms with Crippen LogP contribution in [0.5, 0.6) is 0 Å². The Labute approximate surface area is 91.9 Å². The van der Waals surface area contributed by atoms with Crippen molar-refractivity contribution in [1.82, 2.24) is 9.55 Å². The Bertz CT molecular complexity index is 427. The Balaban J connectivity index is 0.000000531. The number of rotatable bonds is 1. The number of nitrogens with zero attached hydrogens (tertiary/aromatic N) is 2. The molecule has 0 bridgehead atoms. The van der Waals surface area contributed by atoms with Gasteiger partial charge in [-0.2, -0.15) is 0 Å². The van der Waals surface area contributed by atoms with Gasteiger partial charge in [-0.05, 0) is 38.5 Å². The lowest BCUT2D eigenvalue weighted by Gasteiger charge is -2.07. The maximum absolute atomic E-state index is 4.36. The molecule has 0 N–H and O–H groups in total. The van der Waals surface area contributed by atoms with Gasteiger partial charge in [-0.3, -0.25) is 0 Å². The molecule has 82 valence electrons. The number of hydrogen-bond donors (Lipinski definition) is 0. The Morgan fingerprint density at radius 1 is 1.20 bits per heavy atom. The van der Waals surface area contributed by atoms with Gasteiger partial charge in [0, 0.05) is 6.04 Å². The first-order valence-electron chi connectivity index (χ1n) is 5.61. The van der Waals surface area contributed by atoms with Gasteiger partial charge in [0.25, 0.3) is 0 Å². The second kappa shape index (κ2) is 4.96. The molecule has 0 saturated heterocycles. The summed E-state index contributed by atoms with van der Waals surface area (Å²) in [4.78, 5) is 4.36. The van der Waals surface area contributed by atoms with Crippen molar-refractivity contribution in [2.45, 2.75) is 40.7 Å². The predicted molar refractivity (Wildman–Crippen MR) is 66.2 cm³/mol. The van der Waals surface area contributed by atoms with Gasteiger partial charge < -0.3 is 4.57 Å². The van der Waals surface area contributed by atoms with Gasteiger partial charge in [-0.1, -0.05) is 19.9 Å². The molecule has 1 aromatic heterocycles. The van der Waals surface area contributed by atoms with Crippen LogP contribution in [0.4, 0.5) is 0 Å². The summed E-state index contributed by atoms with van der Waals surface area (Å²) in [6.45, 7) is 10.4. The minimum atomic E-state index is 0.479. The van der Waals surface area contributed by atoms with Crippen LogP contribution in [0.1, 0.15) is 39.3 Å². The molecule has 1 aromatic carbocycles. The lowest BCUT2D eigenvalue weighted by molar-refractivity contribution is 0.617. The third-order valence-electron chi connectivity index (χ3n) is 2.29. The quantitative estimate of drug-likeness (QED) is 0.687. The first-order valence-corrected chi connectivity index (χ1v) is 5.61. The van der Waals surface area contributed by atoms with Crippen LogP contribution in [-0.2, 0) is 0 Å². The zero-order chi connectivity index (χ0) is 11.4. The van der Waals surface area contributed by atoms with Crippen LogP contribution in [0, 0.1) is 6.92 Å². The average molecular weight is 204 g/mol. The topological polar surface area (TPSA) is 17.8 Å². The van der Waals surface area contributed by atoms with E-state index >= 15 is 0 Å². The lowest BCUT2D eigenvalue weighted by atomic mass is 10.2. The molecule has 0 radical (unpaired) electrons. The number of aryl methyl sites for hydroxylation is 1.